The molecule has 1 atom stereocenters. The summed E-state index contributed by atoms with van der Waals surface area (Å²) in [5.74, 6) is 0.873. The smallest absolute Gasteiger partial charge is 0.320 e. The molecule has 168 valence electrons. The zero-order chi connectivity index (χ0) is 22.3. The molecule has 2 heterocycles. The Morgan fingerprint density at radius 3 is 2.38 bits per heavy atom. The highest BCUT2D eigenvalue weighted by molar-refractivity contribution is 5.74. The molecule has 0 unspecified atom stereocenters. The van der Waals surface area contributed by atoms with Crippen LogP contribution >= 0.6 is 0 Å². The maximum Gasteiger partial charge on any atom is 0.320 e. The van der Waals surface area contributed by atoms with Crippen LogP contribution in [0.2, 0.25) is 0 Å². The molecule has 2 amide bonds. The Kier molecular flexibility index (Phi) is 7.28. The van der Waals surface area contributed by atoms with E-state index in [1.165, 1.54) is 0 Å². The third-order valence-corrected chi connectivity index (χ3v) is 6.56. The second-order valence-corrected chi connectivity index (χ2v) is 8.75. The van der Waals surface area contributed by atoms with Gasteiger partial charge in [0.2, 0.25) is 0 Å². The van der Waals surface area contributed by atoms with E-state index in [0.717, 1.165) is 75.3 Å². The SMILES string of the molecule is CN(C(=O)N1CCCC1)[C@@H]1CCN(CCCOc2ccc(-c3ccc(C#N)cc3)cc2)C1. The monoisotopic (exact) mass is 432 g/mol. The quantitative estimate of drug-likeness (QED) is 0.615. The molecule has 2 aromatic rings. The first kappa shape index (κ1) is 22.2. The molecule has 2 aliphatic heterocycles. The van der Waals surface area contributed by atoms with Gasteiger partial charge in [-0.25, -0.2) is 4.79 Å². The molecule has 2 fully saturated rings. The lowest BCUT2D eigenvalue weighted by atomic mass is 10.0. The number of likely N-dealkylation sites (N-methyl/N-ethyl adjacent to an activating group) is 1. The lowest BCUT2D eigenvalue weighted by Gasteiger charge is -2.29. The van der Waals surface area contributed by atoms with E-state index >= 15 is 0 Å². The second-order valence-electron chi connectivity index (χ2n) is 8.75. The van der Waals surface area contributed by atoms with Gasteiger partial charge in [-0.1, -0.05) is 24.3 Å². The summed E-state index contributed by atoms with van der Waals surface area (Å²) in [6.07, 6.45) is 4.28. The molecule has 0 saturated carbocycles. The Morgan fingerprint density at radius 1 is 1.06 bits per heavy atom. The van der Waals surface area contributed by atoms with Gasteiger partial charge < -0.3 is 19.4 Å². The van der Waals surface area contributed by atoms with Crippen molar-refractivity contribution in [2.75, 3.05) is 46.4 Å². The number of nitriles is 1. The van der Waals surface area contributed by atoms with Crippen LogP contribution < -0.4 is 4.74 Å². The number of benzene rings is 2. The number of rotatable bonds is 7. The van der Waals surface area contributed by atoms with Crippen molar-refractivity contribution in [1.29, 1.82) is 5.26 Å². The fourth-order valence-corrected chi connectivity index (χ4v) is 4.58. The maximum atomic E-state index is 12.6. The highest BCUT2D eigenvalue weighted by Crippen LogP contribution is 2.23. The van der Waals surface area contributed by atoms with Gasteiger partial charge in [0.25, 0.3) is 0 Å². The summed E-state index contributed by atoms with van der Waals surface area (Å²) in [5, 5.41) is 8.92. The van der Waals surface area contributed by atoms with Gasteiger partial charge >= 0.3 is 6.03 Å². The summed E-state index contributed by atoms with van der Waals surface area (Å²) in [7, 11) is 1.96. The van der Waals surface area contributed by atoms with Gasteiger partial charge in [0.05, 0.1) is 18.2 Å². The standard InChI is InChI=1S/C26H32N4O2/c1-28(26(31)30-15-2-3-16-30)24-13-17-29(20-24)14-4-18-32-25-11-9-23(10-12-25)22-7-5-21(19-27)6-8-22/h5-12,24H,2-4,13-18,20H2,1H3/t24-/m1/s1. The Hall–Kier alpha value is -3.04. The average molecular weight is 433 g/mol. The number of carbonyl (C=O) groups is 1. The zero-order valence-corrected chi connectivity index (χ0v) is 18.9. The van der Waals surface area contributed by atoms with Gasteiger partial charge in [-0.2, -0.15) is 5.26 Å². The molecule has 2 aromatic carbocycles. The maximum absolute atomic E-state index is 12.6. The van der Waals surface area contributed by atoms with Crippen LogP contribution in [0.4, 0.5) is 4.79 Å². The molecular weight excluding hydrogens is 400 g/mol. The minimum absolute atomic E-state index is 0.196. The molecule has 2 aliphatic rings. The number of hydrogen-bond acceptors (Lipinski definition) is 4. The van der Waals surface area contributed by atoms with Crippen molar-refractivity contribution in [3.63, 3.8) is 0 Å². The molecule has 0 bridgehead atoms. The van der Waals surface area contributed by atoms with Crippen molar-refractivity contribution >= 4 is 6.03 Å². The molecule has 0 aliphatic carbocycles. The predicted octanol–water partition coefficient (Wildman–Crippen LogP) is 4.22. The minimum Gasteiger partial charge on any atom is -0.494 e. The fourth-order valence-electron chi connectivity index (χ4n) is 4.58. The van der Waals surface area contributed by atoms with Crippen LogP contribution in [0.3, 0.4) is 0 Å². The van der Waals surface area contributed by atoms with E-state index < -0.39 is 0 Å². The van der Waals surface area contributed by atoms with Crippen molar-refractivity contribution in [3.05, 3.63) is 54.1 Å². The van der Waals surface area contributed by atoms with Gasteiger partial charge in [0.1, 0.15) is 5.75 Å². The molecule has 32 heavy (non-hydrogen) atoms. The molecule has 4 rings (SSSR count). The number of hydrogen-bond donors (Lipinski definition) is 0. The van der Waals surface area contributed by atoms with Crippen molar-refractivity contribution in [3.8, 4) is 22.9 Å². The van der Waals surface area contributed by atoms with Crippen LogP contribution in [-0.2, 0) is 0 Å². The first-order valence-corrected chi connectivity index (χ1v) is 11.6. The first-order valence-electron chi connectivity index (χ1n) is 11.6. The number of amides is 2. The number of carbonyl (C=O) groups excluding carboxylic acids is 1. The van der Waals surface area contributed by atoms with Gasteiger partial charge in [-0.15, -0.1) is 0 Å². The average Bonchev–Trinajstić information content (AvgIpc) is 3.54. The minimum atomic E-state index is 0.196. The number of likely N-dealkylation sites (tertiary alicyclic amines) is 2. The summed E-state index contributed by atoms with van der Waals surface area (Å²) < 4.78 is 5.93. The number of urea groups is 1. The van der Waals surface area contributed by atoms with Crippen molar-refractivity contribution in [2.24, 2.45) is 0 Å². The van der Waals surface area contributed by atoms with E-state index in [2.05, 4.69) is 23.1 Å². The van der Waals surface area contributed by atoms with Crippen molar-refractivity contribution in [1.82, 2.24) is 14.7 Å². The van der Waals surface area contributed by atoms with E-state index in [-0.39, 0.29) is 6.03 Å². The van der Waals surface area contributed by atoms with Crippen LogP contribution in [0.1, 0.15) is 31.2 Å². The van der Waals surface area contributed by atoms with Crippen molar-refractivity contribution in [2.45, 2.75) is 31.7 Å². The largest absolute Gasteiger partial charge is 0.494 e. The van der Waals surface area contributed by atoms with Crippen molar-refractivity contribution < 1.29 is 9.53 Å². The van der Waals surface area contributed by atoms with Gasteiger partial charge in [0.15, 0.2) is 0 Å². The Labute approximate surface area is 191 Å². The summed E-state index contributed by atoms with van der Waals surface area (Å²) in [6, 6.07) is 18.4. The Balaban J connectivity index is 1.17. The van der Waals surface area contributed by atoms with Crippen LogP contribution in [-0.4, -0.2) is 73.2 Å². The summed E-state index contributed by atoms with van der Waals surface area (Å²) >= 11 is 0. The molecule has 0 N–H and O–H groups in total. The molecule has 6 nitrogen and oxygen atoms in total. The van der Waals surface area contributed by atoms with E-state index in [1.807, 2.05) is 53.2 Å². The van der Waals surface area contributed by atoms with Crippen LogP contribution in [0, 0.1) is 11.3 Å². The Bertz CT molecular complexity index is 930. The lowest BCUT2D eigenvalue weighted by Crippen LogP contribution is -2.46. The third-order valence-electron chi connectivity index (χ3n) is 6.56. The van der Waals surface area contributed by atoms with E-state index in [4.69, 9.17) is 10.00 Å². The highest BCUT2D eigenvalue weighted by Gasteiger charge is 2.31. The molecular formula is C26H32N4O2. The lowest BCUT2D eigenvalue weighted by molar-refractivity contribution is 0.155. The fraction of sp³-hybridized carbons (Fsp3) is 0.462. The summed E-state index contributed by atoms with van der Waals surface area (Å²) in [6.45, 7) is 5.49. The van der Waals surface area contributed by atoms with Gasteiger partial charge in [-0.05, 0) is 61.1 Å². The molecule has 0 aromatic heterocycles. The van der Waals surface area contributed by atoms with E-state index in [9.17, 15) is 4.79 Å². The molecule has 6 heteroatoms. The summed E-state index contributed by atoms with van der Waals surface area (Å²) in [4.78, 5) is 19.0. The van der Waals surface area contributed by atoms with E-state index in [0.29, 0.717) is 18.2 Å². The zero-order valence-electron chi connectivity index (χ0n) is 18.9. The van der Waals surface area contributed by atoms with Crippen LogP contribution in [0.25, 0.3) is 11.1 Å². The summed E-state index contributed by atoms with van der Waals surface area (Å²) in [5.41, 5.74) is 2.87. The second kappa shape index (κ2) is 10.5. The normalized spacial score (nSPS) is 18.5. The van der Waals surface area contributed by atoms with E-state index in [1.54, 1.807) is 0 Å². The highest BCUT2D eigenvalue weighted by atomic mass is 16.5. The Morgan fingerprint density at radius 2 is 1.72 bits per heavy atom. The molecule has 0 spiro atoms. The van der Waals surface area contributed by atoms with Gasteiger partial charge in [-0.3, -0.25) is 0 Å². The topological polar surface area (TPSA) is 59.8 Å². The van der Waals surface area contributed by atoms with Gasteiger partial charge in [0, 0.05) is 45.8 Å². The van der Waals surface area contributed by atoms with Crippen LogP contribution in [0.15, 0.2) is 48.5 Å². The molecule has 0 radical (unpaired) electrons. The number of ether oxygens (including phenoxy) is 1. The third kappa shape index (κ3) is 5.41. The first-order chi connectivity index (χ1) is 15.6. The molecule has 2 saturated heterocycles. The van der Waals surface area contributed by atoms with Crippen LogP contribution in [0.5, 0.6) is 5.75 Å². The number of nitrogens with zero attached hydrogens (tertiary/aromatic N) is 4. The predicted molar refractivity (Wildman–Crippen MR) is 126 cm³/mol.